The summed E-state index contributed by atoms with van der Waals surface area (Å²) >= 11 is 5.94. The number of rotatable bonds is 5. The molecule has 2 heterocycles. The minimum absolute atomic E-state index is 0.00999. The van der Waals surface area contributed by atoms with E-state index in [1.807, 2.05) is 36.4 Å². The van der Waals surface area contributed by atoms with Crippen LogP contribution < -0.4 is 5.32 Å². The maximum absolute atomic E-state index is 11.2. The zero-order valence-corrected chi connectivity index (χ0v) is 15.4. The second kappa shape index (κ2) is 7.62. The van der Waals surface area contributed by atoms with Crippen LogP contribution >= 0.6 is 11.6 Å². The number of hydrogen-bond acceptors (Lipinski definition) is 5. The Morgan fingerprint density at radius 2 is 1.75 bits per heavy atom. The summed E-state index contributed by atoms with van der Waals surface area (Å²) in [6.45, 7) is 0. The van der Waals surface area contributed by atoms with E-state index < -0.39 is 5.97 Å². The van der Waals surface area contributed by atoms with Crippen molar-refractivity contribution in [2.45, 2.75) is 6.42 Å². The van der Waals surface area contributed by atoms with Crippen LogP contribution in [0.1, 0.15) is 21.7 Å². The predicted octanol–water partition coefficient (Wildman–Crippen LogP) is 4.71. The number of hydrogen-bond donors (Lipinski definition) is 2. The molecule has 28 heavy (non-hydrogen) atoms. The molecule has 7 heteroatoms. The number of nitrogens with one attached hydrogen (secondary N) is 1. The summed E-state index contributed by atoms with van der Waals surface area (Å²) in [7, 11) is 0. The highest BCUT2D eigenvalue weighted by Crippen LogP contribution is 2.27. The minimum atomic E-state index is -1.06. The fraction of sp³-hybridized carbons (Fsp3) is 0.0476. The number of carbonyl (C=O) groups is 1. The van der Waals surface area contributed by atoms with Gasteiger partial charge >= 0.3 is 5.97 Å². The van der Waals surface area contributed by atoms with E-state index in [-0.39, 0.29) is 5.69 Å². The Balaban J connectivity index is 1.70. The van der Waals surface area contributed by atoms with Crippen molar-refractivity contribution in [1.82, 2.24) is 15.2 Å². The van der Waals surface area contributed by atoms with Crippen molar-refractivity contribution in [2.75, 3.05) is 5.32 Å². The molecule has 2 aromatic carbocycles. The molecule has 0 aliphatic rings. The lowest BCUT2D eigenvalue weighted by molar-refractivity contribution is 0.0690. The quantitative estimate of drug-likeness (QED) is 0.513. The Morgan fingerprint density at radius 3 is 2.50 bits per heavy atom. The Labute approximate surface area is 165 Å². The highest BCUT2D eigenvalue weighted by atomic mass is 35.5. The van der Waals surface area contributed by atoms with Crippen molar-refractivity contribution < 1.29 is 9.90 Å². The summed E-state index contributed by atoms with van der Waals surface area (Å²) in [5.41, 5.74) is 2.44. The largest absolute Gasteiger partial charge is 0.477 e. The Morgan fingerprint density at radius 1 is 1.00 bits per heavy atom. The van der Waals surface area contributed by atoms with Gasteiger partial charge in [0.2, 0.25) is 0 Å². The Bertz CT molecular complexity index is 1160. The van der Waals surface area contributed by atoms with Gasteiger partial charge in [-0.1, -0.05) is 35.9 Å². The van der Waals surface area contributed by atoms with E-state index in [4.69, 9.17) is 16.7 Å². The zero-order chi connectivity index (χ0) is 19.5. The van der Waals surface area contributed by atoms with E-state index in [1.165, 1.54) is 6.20 Å². The molecule has 0 spiro atoms. The molecule has 0 unspecified atom stereocenters. The fourth-order valence-electron chi connectivity index (χ4n) is 2.95. The van der Waals surface area contributed by atoms with E-state index in [2.05, 4.69) is 20.5 Å². The van der Waals surface area contributed by atoms with Gasteiger partial charge in [-0.2, -0.15) is 5.10 Å². The molecule has 6 nitrogen and oxygen atoms in total. The predicted molar refractivity (Wildman–Crippen MR) is 108 cm³/mol. The topological polar surface area (TPSA) is 88.0 Å². The molecule has 0 fully saturated rings. The van der Waals surface area contributed by atoms with Crippen LogP contribution in [0.3, 0.4) is 0 Å². The zero-order valence-electron chi connectivity index (χ0n) is 14.6. The van der Waals surface area contributed by atoms with Gasteiger partial charge in [0.1, 0.15) is 5.69 Å². The lowest BCUT2D eigenvalue weighted by Crippen LogP contribution is -2.04. The van der Waals surface area contributed by atoms with Crippen molar-refractivity contribution in [1.29, 1.82) is 0 Å². The van der Waals surface area contributed by atoms with Gasteiger partial charge in [0.25, 0.3) is 0 Å². The summed E-state index contributed by atoms with van der Waals surface area (Å²) in [6.07, 6.45) is 1.95. The molecule has 0 atom stereocenters. The highest BCUT2D eigenvalue weighted by Gasteiger charge is 2.12. The second-order valence-electron chi connectivity index (χ2n) is 6.20. The number of carboxylic acid groups (broad SMARTS) is 1. The third kappa shape index (κ3) is 3.77. The number of anilines is 2. The lowest BCUT2D eigenvalue weighted by Gasteiger charge is -2.11. The van der Waals surface area contributed by atoms with Crippen LogP contribution in [0, 0.1) is 0 Å². The van der Waals surface area contributed by atoms with Gasteiger partial charge in [0.15, 0.2) is 5.82 Å². The first-order valence-corrected chi connectivity index (χ1v) is 8.93. The molecular formula is C21H15ClN4O2. The van der Waals surface area contributed by atoms with Crippen molar-refractivity contribution in [3.63, 3.8) is 0 Å². The van der Waals surface area contributed by atoms with E-state index in [0.717, 1.165) is 27.7 Å². The normalized spacial score (nSPS) is 10.8. The summed E-state index contributed by atoms with van der Waals surface area (Å²) in [5.74, 6) is -0.414. The molecule has 0 radical (unpaired) electrons. The number of pyridine rings is 1. The van der Waals surface area contributed by atoms with Crippen LogP contribution in [0.25, 0.3) is 10.8 Å². The molecular weight excluding hydrogens is 376 g/mol. The molecule has 0 aliphatic heterocycles. The maximum atomic E-state index is 11.2. The molecule has 0 saturated carbocycles. The van der Waals surface area contributed by atoms with Gasteiger partial charge in [-0.25, -0.2) is 9.78 Å². The highest BCUT2D eigenvalue weighted by molar-refractivity contribution is 6.30. The number of nitrogens with zero attached hydrogens (tertiary/aromatic N) is 3. The smallest absolute Gasteiger partial charge is 0.354 e. The standard InChI is InChI=1S/C21H15ClN4O2/c22-14-5-7-15(8-6-14)24-20-17-4-2-1-3-16(17)18(25-26-20)11-13-9-10-23-19(12-13)21(27)28/h1-10,12H,11H2,(H,24,26)(H,27,28). The van der Waals surface area contributed by atoms with E-state index in [1.54, 1.807) is 24.3 Å². The Kier molecular flexibility index (Phi) is 4.87. The SMILES string of the molecule is O=C(O)c1cc(Cc2nnc(Nc3ccc(Cl)cc3)c3ccccc23)ccn1. The molecule has 138 valence electrons. The summed E-state index contributed by atoms with van der Waals surface area (Å²) in [5, 5.41) is 23.7. The Hall–Kier alpha value is -3.51. The number of carboxylic acids is 1. The van der Waals surface area contributed by atoms with Gasteiger partial charge < -0.3 is 10.4 Å². The lowest BCUT2D eigenvalue weighted by atomic mass is 10.0. The molecule has 0 saturated heterocycles. The first-order chi connectivity index (χ1) is 13.6. The molecule has 0 aliphatic carbocycles. The number of aromatic carboxylic acids is 1. The third-order valence-corrected chi connectivity index (χ3v) is 4.54. The molecule has 2 N–H and O–H groups in total. The fourth-order valence-corrected chi connectivity index (χ4v) is 3.07. The van der Waals surface area contributed by atoms with E-state index >= 15 is 0 Å². The van der Waals surface area contributed by atoms with Crippen molar-refractivity contribution in [3.8, 4) is 0 Å². The summed E-state index contributed by atoms with van der Waals surface area (Å²) in [6, 6.07) is 18.5. The van der Waals surface area contributed by atoms with E-state index in [9.17, 15) is 4.79 Å². The van der Waals surface area contributed by atoms with E-state index in [0.29, 0.717) is 17.3 Å². The summed E-state index contributed by atoms with van der Waals surface area (Å²) < 4.78 is 0. The molecule has 0 amide bonds. The number of halogens is 1. The summed E-state index contributed by atoms with van der Waals surface area (Å²) in [4.78, 5) is 15.0. The van der Waals surface area contributed by atoms with Crippen molar-refractivity contribution in [3.05, 3.63) is 88.8 Å². The van der Waals surface area contributed by atoms with Gasteiger partial charge in [0, 0.05) is 34.1 Å². The van der Waals surface area contributed by atoms with Gasteiger partial charge in [-0.3, -0.25) is 0 Å². The van der Waals surface area contributed by atoms with Gasteiger partial charge in [-0.05, 0) is 42.0 Å². The maximum Gasteiger partial charge on any atom is 0.354 e. The third-order valence-electron chi connectivity index (χ3n) is 4.29. The first-order valence-electron chi connectivity index (χ1n) is 8.55. The van der Waals surface area contributed by atoms with Crippen LogP contribution in [0.2, 0.25) is 5.02 Å². The van der Waals surface area contributed by atoms with Gasteiger partial charge in [-0.15, -0.1) is 5.10 Å². The van der Waals surface area contributed by atoms with Gasteiger partial charge in [0.05, 0.1) is 5.69 Å². The molecule has 4 rings (SSSR count). The first kappa shape index (κ1) is 17.9. The average Bonchev–Trinajstić information content (AvgIpc) is 2.71. The minimum Gasteiger partial charge on any atom is -0.477 e. The molecule has 2 aromatic heterocycles. The van der Waals surface area contributed by atoms with Crippen LogP contribution in [-0.4, -0.2) is 26.3 Å². The number of fused-ring (bicyclic) bond motifs is 1. The number of aromatic nitrogens is 3. The monoisotopic (exact) mass is 390 g/mol. The van der Waals surface area contributed by atoms with Crippen molar-refractivity contribution >= 4 is 39.8 Å². The van der Waals surface area contributed by atoms with Crippen molar-refractivity contribution in [2.24, 2.45) is 0 Å². The molecule has 4 aromatic rings. The number of benzene rings is 2. The van der Waals surface area contributed by atoms with Crippen LogP contribution in [0.4, 0.5) is 11.5 Å². The average molecular weight is 391 g/mol. The van der Waals surface area contributed by atoms with Crippen LogP contribution in [-0.2, 0) is 6.42 Å². The molecule has 0 bridgehead atoms. The van der Waals surface area contributed by atoms with Crippen LogP contribution in [0.15, 0.2) is 66.9 Å². The second-order valence-corrected chi connectivity index (χ2v) is 6.64. The van der Waals surface area contributed by atoms with Crippen LogP contribution in [0.5, 0.6) is 0 Å².